The molecule has 0 fully saturated rings. The number of carbonyl (C=O) groups is 2. The lowest BCUT2D eigenvalue weighted by Gasteiger charge is -2.18. The molecule has 2 heterocycles. The summed E-state index contributed by atoms with van der Waals surface area (Å²) in [6, 6.07) is 6.50. The Morgan fingerprint density at radius 1 is 1.06 bits per heavy atom. The van der Waals surface area contributed by atoms with Crippen molar-refractivity contribution in [1.82, 2.24) is 9.97 Å². The fourth-order valence-corrected chi connectivity index (χ4v) is 3.33. The molecule has 0 aliphatic heterocycles. The second kappa shape index (κ2) is 8.74. The minimum Gasteiger partial charge on any atom is -0.506 e. The number of hydrogen-bond donors (Lipinski definition) is 3. The van der Waals surface area contributed by atoms with Gasteiger partial charge in [0.05, 0.1) is 38.8 Å². The van der Waals surface area contributed by atoms with Crippen molar-refractivity contribution in [2.75, 3.05) is 21.3 Å². The van der Waals surface area contributed by atoms with Gasteiger partial charge in [0.2, 0.25) is 0 Å². The van der Waals surface area contributed by atoms with Crippen molar-refractivity contribution >= 4 is 22.8 Å². The Morgan fingerprint density at radius 2 is 1.81 bits per heavy atom. The van der Waals surface area contributed by atoms with Crippen LogP contribution in [0, 0.1) is 0 Å². The number of aromatic nitrogens is 2. The predicted octanol–water partition coefficient (Wildman–Crippen LogP) is 1.41. The SMILES string of the molecule is COC(=O)CC(c1cc2ccc(OC)cc2[nH]c1=O)c1c(O)c(C(=O)OC)c[nH]c1=O. The third-order valence-electron chi connectivity index (χ3n) is 4.91. The van der Waals surface area contributed by atoms with E-state index in [1.807, 2.05) is 0 Å². The molecule has 10 nitrogen and oxygen atoms in total. The second-order valence-corrected chi connectivity index (χ2v) is 6.63. The lowest BCUT2D eigenvalue weighted by Crippen LogP contribution is -2.26. The number of methoxy groups -OCH3 is 3. The molecule has 3 rings (SSSR count). The number of carbonyl (C=O) groups excluding carboxylic acids is 2. The van der Waals surface area contributed by atoms with E-state index < -0.39 is 41.1 Å². The first-order chi connectivity index (χ1) is 14.8. The number of esters is 2. The first-order valence-corrected chi connectivity index (χ1v) is 9.11. The summed E-state index contributed by atoms with van der Waals surface area (Å²) in [5.41, 5.74) is -1.48. The van der Waals surface area contributed by atoms with Crippen molar-refractivity contribution in [3.8, 4) is 11.5 Å². The smallest absolute Gasteiger partial charge is 0.343 e. The third kappa shape index (κ3) is 4.13. The summed E-state index contributed by atoms with van der Waals surface area (Å²) in [6.45, 7) is 0. The molecule has 0 radical (unpaired) electrons. The van der Waals surface area contributed by atoms with Crippen LogP contribution in [0.15, 0.2) is 40.1 Å². The summed E-state index contributed by atoms with van der Waals surface area (Å²) >= 11 is 0. The Labute approximate surface area is 175 Å². The number of rotatable bonds is 6. The van der Waals surface area contributed by atoms with E-state index in [1.165, 1.54) is 13.2 Å². The summed E-state index contributed by atoms with van der Waals surface area (Å²) in [5, 5.41) is 11.3. The fraction of sp³-hybridized carbons (Fsp3) is 0.238. The molecular weight excluding hydrogens is 408 g/mol. The van der Waals surface area contributed by atoms with Crippen LogP contribution >= 0.6 is 0 Å². The van der Waals surface area contributed by atoms with Crippen LogP contribution < -0.4 is 15.9 Å². The van der Waals surface area contributed by atoms with Gasteiger partial charge in [0.15, 0.2) is 0 Å². The monoisotopic (exact) mass is 428 g/mol. The number of ether oxygens (including phenoxy) is 3. The Hall–Kier alpha value is -4.08. The Morgan fingerprint density at radius 3 is 2.45 bits per heavy atom. The fourth-order valence-electron chi connectivity index (χ4n) is 3.33. The van der Waals surface area contributed by atoms with Gasteiger partial charge in [-0.05, 0) is 23.6 Å². The highest BCUT2D eigenvalue weighted by atomic mass is 16.5. The molecule has 0 saturated heterocycles. The van der Waals surface area contributed by atoms with Crippen LogP contribution in [0.1, 0.15) is 33.8 Å². The van der Waals surface area contributed by atoms with E-state index in [2.05, 4.69) is 14.7 Å². The first-order valence-electron chi connectivity index (χ1n) is 9.11. The molecule has 0 aliphatic rings. The van der Waals surface area contributed by atoms with Crippen LogP contribution in [0.3, 0.4) is 0 Å². The molecular formula is C21H20N2O8. The zero-order chi connectivity index (χ0) is 22.7. The topological polar surface area (TPSA) is 148 Å². The number of aromatic hydroxyl groups is 1. The van der Waals surface area contributed by atoms with Crippen molar-refractivity contribution in [3.05, 3.63) is 67.9 Å². The first kappa shape index (κ1) is 21.6. The van der Waals surface area contributed by atoms with Gasteiger partial charge in [0.1, 0.15) is 17.1 Å². The maximum absolute atomic E-state index is 12.9. The van der Waals surface area contributed by atoms with Crippen molar-refractivity contribution in [2.24, 2.45) is 0 Å². The maximum Gasteiger partial charge on any atom is 0.343 e. The molecule has 162 valence electrons. The van der Waals surface area contributed by atoms with Crippen molar-refractivity contribution in [3.63, 3.8) is 0 Å². The molecule has 0 bridgehead atoms. The van der Waals surface area contributed by atoms with Gasteiger partial charge >= 0.3 is 11.9 Å². The van der Waals surface area contributed by atoms with E-state index in [4.69, 9.17) is 9.47 Å². The lowest BCUT2D eigenvalue weighted by molar-refractivity contribution is -0.140. The van der Waals surface area contributed by atoms with E-state index in [9.17, 15) is 24.3 Å². The normalized spacial score (nSPS) is 11.7. The number of fused-ring (bicyclic) bond motifs is 1. The van der Waals surface area contributed by atoms with E-state index in [0.717, 1.165) is 20.4 Å². The van der Waals surface area contributed by atoms with Crippen molar-refractivity contribution in [2.45, 2.75) is 12.3 Å². The summed E-state index contributed by atoms with van der Waals surface area (Å²) < 4.78 is 14.5. The highest BCUT2D eigenvalue weighted by molar-refractivity contribution is 5.92. The number of pyridine rings is 2. The molecule has 1 atom stereocenters. The Kier molecular flexibility index (Phi) is 6.10. The molecule has 0 aliphatic carbocycles. The lowest BCUT2D eigenvalue weighted by atomic mass is 9.88. The molecule has 0 amide bonds. The molecule has 0 saturated carbocycles. The molecule has 10 heteroatoms. The van der Waals surface area contributed by atoms with Gasteiger partial charge in [0, 0.05) is 23.7 Å². The highest BCUT2D eigenvalue weighted by Gasteiger charge is 2.30. The molecule has 1 unspecified atom stereocenters. The Balaban J connectivity index is 2.28. The van der Waals surface area contributed by atoms with Gasteiger partial charge in [-0.2, -0.15) is 0 Å². The van der Waals surface area contributed by atoms with E-state index in [-0.39, 0.29) is 16.7 Å². The van der Waals surface area contributed by atoms with Gasteiger partial charge in [-0.25, -0.2) is 4.79 Å². The summed E-state index contributed by atoms with van der Waals surface area (Å²) in [5.74, 6) is -2.97. The molecule has 2 aromatic heterocycles. The quantitative estimate of drug-likeness (QED) is 0.499. The second-order valence-electron chi connectivity index (χ2n) is 6.63. The molecule has 31 heavy (non-hydrogen) atoms. The minimum absolute atomic E-state index is 0.0332. The van der Waals surface area contributed by atoms with Crippen LogP contribution in [-0.2, 0) is 14.3 Å². The third-order valence-corrected chi connectivity index (χ3v) is 4.91. The average molecular weight is 428 g/mol. The number of H-pyrrole nitrogens is 2. The molecule has 0 spiro atoms. The summed E-state index contributed by atoms with van der Waals surface area (Å²) in [7, 11) is 3.76. The van der Waals surface area contributed by atoms with E-state index in [1.54, 1.807) is 18.2 Å². The molecule has 1 aromatic carbocycles. The number of benzene rings is 1. The van der Waals surface area contributed by atoms with Gasteiger partial charge in [-0.1, -0.05) is 0 Å². The van der Waals surface area contributed by atoms with Crippen LogP contribution in [0.4, 0.5) is 0 Å². The zero-order valence-electron chi connectivity index (χ0n) is 17.0. The van der Waals surface area contributed by atoms with Gasteiger partial charge in [-0.3, -0.25) is 14.4 Å². The standard InChI is InChI=1S/C21H20N2O8/c1-29-11-5-4-10-6-13(19(26)23-15(10)7-11)12(8-16(24)30-2)17-18(25)14(21(28)31-3)9-22-20(17)27/h4-7,9,12H,8H2,1-3H3,(H,23,26)(H2,22,25,27). The van der Waals surface area contributed by atoms with Crippen molar-refractivity contribution < 1.29 is 28.9 Å². The molecule has 3 N–H and O–H groups in total. The highest BCUT2D eigenvalue weighted by Crippen LogP contribution is 2.33. The van der Waals surface area contributed by atoms with Crippen molar-refractivity contribution in [1.29, 1.82) is 0 Å². The Bertz CT molecular complexity index is 1270. The van der Waals surface area contributed by atoms with Crippen LogP contribution in [0.25, 0.3) is 10.9 Å². The number of aromatic amines is 2. The largest absolute Gasteiger partial charge is 0.506 e. The predicted molar refractivity (Wildman–Crippen MR) is 110 cm³/mol. The van der Waals surface area contributed by atoms with E-state index in [0.29, 0.717) is 16.7 Å². The zero-order valence-corrected chi connectivity index (χ0v) is 17.0. The van der Waals surface area contributed by atoms with Gasteiger partial charge in [-0.15, -0.1) is 0 Å². The van der Waals surface area contributed by atoms with Gasteiger partial charge < -0.3 is 29.3 Å². The van der Waals surface area contributed by atoms with Crippen LogP contribution in [-0.4, -0.2) is 48.3 Å². The van der Waals surface area contributed by atoms with Crippen LogP contribution in [0.5, 0.6) is 11.5 Å². The average Bonchev–Trinajstić information content (AvgIpc) is 2.76. The van der Waals surface area contributed by atoms with Gasteiger partial charge in [0.25, 0.3) is 11.1 Å². The number of nitrogens with one attached hydrogen (secondary N) is 2. The maximum atomic E-state index is 12.9. The van der Waals surface area contributed by atoms with E-state index >= 15 is 0 Å². The molecule has 3 aromatic rings. The minimum atomic E-state index is -1.20. The number of hydrogen-bond acceptors (Lipinski definition) is 8. The summed E-state index contributed by atoms with van der Waals surface area (Å²) in [6.07, 6.45) is 0.571. The summed E-state index contributed by atoms with van der Waals surface area (Å²) in [4.78, 5) is 54.6. The van der Waals surface area contributed by atoms with Crippen LogP contribution in [0.2, 0.25) is 0 Å².